The Hall–Kier alpha value is -2.69. The quantitative estimate of drug-likeness (QED) is 0.884. The van der Waals surface area contributed by atoms with Crippen molar-refractivity contribution >= 4 is 11.8 Å². The minimum atomic E-state index is -0.608. The first-order valence-electron chi connectivity index (χ1n) is 7.11. The SMILES string of the molecule is Cc1ccccc1C(=O)N[C@@H](C)C(=O)NCc1cccnc1. The Bertz CT molecular complexity index is 656. The van der Waals surface area contributed by atoms with Crippen molar-refractivity contribution in [3.05, 3.63) is 65.5 Å². The van der Waals surface area contributed by atoms with E-state index in [0.29, 0.717) is 12.1 Å². The van der Waals surface area contributed by atoms with Gasteiger partial charge in [0.25, 0.3) is 5.91 Å². The van der Waals surface area contributed by atoms with Gasteiger partial charge in [-0.15, -0.1) is 0 Å². The molecular weight excluding hydrogens is 278 g/mol. The second kappa shape index (κ2) is 7.36. The van der Waals surface area contributed by atoms with Gasteiger partial charge in [0.05, 0.1) is 0 Å². The van der Waals surface area contributed by atoms with Crippen molar-refractivity contribution in [3.63, 3.8) is 0 Å². The minimum absolute atomic E-state index is 0.231. The summed E-state index contributed by atoms with van der Waals surface area (Å²) in [6.07, 6.45) is 3.37. The highest BCUT2D eigenvalue weighted by Crippen LogP contribution is 2.06. The monoisotopic (exact) mass is 297 g/mol. The second-order valence-electron chi connectivity index (χ2n) is 5.09. The van der Waals surface area contributed by atoms with Crippen molar-refractivity contribution in [2.24, 2.45) is 0 Å². The van der Waals surface area contributed by atoms with Crippen LogP contribution in [0.5, 0.6) is 0 Å². The van der Waals surface area contributed by atoms with Crippen LogP contribution in [0, 0.1) is 6.92 Å². The molecule has 22 heavy (non-hydrogen) atoms. The summed E-state index contributed by atoms with van der Waals surface area (Å²) in [5, 5.41) is 5.48. The standard InChI is InChI=1S/C17H19N3O2/c1-12-6-3-4-8-15(12)17(22)20-13(2)16(21)19-11-14-7-5-9-18-10-14/h3-10,13H,11H2,1-2H3,(H,19,21)(H,20,22)/t13-/m0/s1. The summed E-state index contributed by atoms with van der Waals surface area (Å²) in [6, 6.07) is 10.4. The molecule has 0 unspecified atom stereocenters. The lowest BCUT2D eigenvalue weighted by molar-refractivity contribution is -0.122. The number of amides is 2. The fourth-order valence-corrected chi connectivity index (χ4v) is 2.01. The Morgan fingerprint density at radius 1 is 1.18 bits per heavy atom. The molecule has 1 aromatic carbocycles. The molecular formula is C17H19N3O2. The summed E-state index contributed by atoms with van der Waals surface area (Å²) in [5.74, 6) is -0.479. The van der Waals surface area contributed by atoms with Gasteiger partial charge in [-0.2, -0.15) is 0 Å². The van der Waals surface area contributed by atoms with Crippen LogP contribution in [0.3, 0.4) is 0 Å². The van der Waals surface area contributed by atoms with E-state index in [-0.39, 0.29) is 11.8 Å². The number of carbonyl (C=O) groups is 2. The summed E-state index contributed by atoms with van der Waals surface area (Å²) in [5.41, 5.74) is 2.37. The van der Waals surface area contributed by atoms with Gasteiger partial charge in [0, 0.05) is 24.5 Å². The van der Waals surface area contributed by atoms with Crippen LogP contribution in [0.15, 0.2) is 48.8 Å². The van der Waals surface area contributed by atoms with Gasteiger partial charge in [-0.1, -0.05) is 24.3 Å². The molecule has 2 aromatic rings. The Kier molecular flexibility index (Phi) is 5.25. The van der Waals surface area contributed by atoms with Crippen LogP contribution < -0.4 is 10.6 Å². The molecule has 0 spiro atoms. The van der Waals surface area contributed by atoms with Crippen molar-refractivity contribution in [2.45, 2.75) is 26.4 Å². The largest absolute Gasteiger partial charge is 0.350 e. The highest BCUT2D eigenvalue weighted by molar-refractivity contribution is 5.98. The van der Waals surface area contributed by atoms with E-state index in [1.165, 1.54) is 0 Å². The molecule has 0 saturated carbocycles. The molecule has 0 aliphatic rings. The van der Waals surface area contributed by atoms with E-state index in [0.717, 1.165) is 11.1 Å². The summed E-state index contributed by atoms with van der Waals surface area (Å²) in [6.45, 7) is 3.91. The Morgan fingerprint density at radius 3 is 2.64 bits per heavy atom. The van der Waals surface area contributed by atoms with Crippen LogP contribution in [0.4, 0.5) is 0 Å². The maximum absolute atomic E-state index is 12.2. The molecule has 1 heterocycles. The first kappa shape index (κ1) is 15.7. The van der Waals surface area contributed by atoms with E-state index >= 15 is 0 Å². The number of aromatic nitrogens is 1. The zero-order chi connectivity index (χ0) is 15.9. The summed E-state index contributed by atoms with van der Waals surface area (Å²) in [4.78, 5) is 28.2. The van der Waals surface area contributed by atoms with E-state index in [2.05, 4.69) is 15.6 Å². The van der Waals surface area contributed by atoms with Crippen LogP contribution >= 0.6 is 0 Å². The molecule has 0 fully saturated rings. The summed E-state index contributed by atoms with van der Waals surface area (Å²) in [7, 11) is 0. The lowest BCUT2D eigenvalue weighted by Crippen LogP contribution is -2.44. The highest BCUT2D eigenvalue weighted by atomic mass is 16.2. The predicted molar refractivity (Wildman–Crippen MR) is 84.2 cm³/mol. The first-order valence-corrected chi connectivity index (χ1v) is 7.11. The van der Waals surface area contributed by atoms with Gasteiger partial charge >= 0.3 is 0 Å². The van der Waals surface area contributed by atoms with Crippen LogP contribution in [0.25, 0.3) is 0 Å². The third-order valence-corrected chi connectivity index (χ3v) is 3.32. The first-order chi connectivity index (χ1) is 10.6. The van der Waals surface area contributed by atoms with Crippen molar-refractivity contribution in [1.82, 2.24) is 15.6 Å². The Labute approximate surface area is 129 Å². The molecule has 1 atom stereocenters. The highest BCUT2D eigenvalue weighted by Gasteiger charge is 2.17. The molecule has 0 aliphatic carbocycles. The van der Waals surface area contributed by atoms with E-state index < -0.39 is 6.04 Å². The number of aryl methyl sites for hydroxylation is 1. The summed E-state index contributed by atoms with van der Waals surface area (Å²) < 4.78 is 0. The molecule has 5 heteroatoms. The third kappa shape index (κ3) is 4.15. The third-order valence-electron chi connectivity index (χ3n) is 3.32. The summed E-state index contributed by atoms with van der Waals surface area (Å²) >= 11 is 0. The van der Waals surface area contributed by atoms with Gasteiger partial charge in [-0.25, -0.2) is 0 Å². The van der Waals surface area contributed by atoms with Gasteiger partial charge < -0.3 is 10.6 Å². The second-order valence-corrected chi connectivity index (χ2v) is 5.09. The van der Waals surface area contributed by atoms with Gasteiger partial charge in [0.15, 0.2) is 0 Å². The maximum atomic E-state index is 12.2. The maximum Gasteiger partial charge on any atom is 0.252 e. The fourth-order valence-electron chi connectivity index (χ4n) is 2.01. The lowest BCUT2D eigenvalue weighted by atomic mass is 10.1. The number of hydrogen-bond acceptors (Lipinski definition) is 3. The van der Waals surface area contributed by atoms with Crippen LogP contribution in [0.2, 0.25) is 0 Å². The number of nitrogens with one attached hydrogen (secondary N) is 2. The van der Waals surface area contributed by atoms with Crippen LogP contribution in [-0.4, -0.2) is 22.8 Å². The van der Waals surface area contributed by atoms with Crippen molar-refractivity contribution in [3.8, 4) is 0 Å². The van der Waals surface area contributed by atoms with Gasteiger partial charge in [0.1, 0.15) is 6.04 Å². The Balaban J connectivity index is 1.89. The van der Waals surface area contributed by atoms with E-state index in [9.17, 15) is 9.59 Å². The molecule has 1 aromatic heterocycles. The molecule has 114 valence electrons. The van der Waals surface area contributed by atoms with Crippen LogP contribution in [0.1, 0.15) is 28.4 Å². The lowest BCUT2D eigenvalue weighted by Gasteiger charge is -2.15. The van der Waals surface area contributed by atoms with Gasteiger partial charge in [-0.05, 0) is 37.1 Å². The van der Waals surface area contributed by atoms with E-state index in [1.807, 2.05) is 31.2 Å². The predicted octanol–water partition coefficient (Wildman–Crippen LogP) is 1.82. The van der Waals surface area contributed by atoms with Crippen molar-refractivity contribution in [2.75, 3.05) is 0 Å². The minimum Gasteiger partial charge on any atom is -0.350 e. The molecule has 2 amide bonds. The van der Waals surface area contributed by atoms with Gasteiger partial charge in [-0.3, -0.25) is 14.6 Å². The number of carbonyl (C=O) groups excluding carboxylic acids is 2. The van der Waals surface area contributed by atoms with Crippen LogP contribution in [-0.2, 0) is 11.3 Å². The fraction of sp³-hybridized carbons (Fsp3) is 0.235. The number of nitrogens with zero attached hydrogens (tertiary/aromatic N) is 1. The number of benzene rings is 1. The van der Waals surface area contributed by atoms with Crippen molar-refractivity contribution < 1.29 is 9.59 Å². The van der Waals surface area contributed by atoms with Crippen molar-refractivity contribution in [1.29, 1.82) is 0 Å². The average Bonchev–Trinajstić information content (AvgIpc) is 2.53. The number of rotatable bonds is 5. The number of hydrogen-bond donors (Lipinski definition) is 2. The zero-order valence-electron chi connectivity index (χ0n) is 12.7. The zero-order valence-corrected chi connectivity index (χ0v) is 12.7. The molecule has 0 bridgehead atoms. The average molecular weight is 297 g/mol. The van der Waals surface area contributed by atoms with Gasteiger partial charge in [0.2, 0.25) is 5.91 Å². The molecule has 0 radical (unpaired) electrons. The Morgan fingerprint density at radius 2 is 1.95 bits per heavy atom. The molecule has 0 aliphatic heterocycles. The van der Waals surface area contributed by atoms with E-state index in [1.54, 1.807) is 31.5 Å². The molecule has 2 rings (SSSR count). The topological polar surface area (TPSA) is 71.1 Å². The number of pyridine rings is 1. The smallest absolute Gasteiger partial charge is 0.252 e. The molecule has 2 N–H and O–H groups in total. The molecule has 0 saturated heterocycles. The normalized spacial score (nSPS) is 11.5. The molecule has 5 nitrogen and oxygen atoms in total. The van der Waals surface area contributed by atoms with E-state index in [4.69, 9.17) is 0 Å².